The smallest absolute Gasteiger partial charge is 0.256 e. The molecule has 1 aliphatic heterocycles. The Hall–Kier alpha value is -2.92. The van der Waals surface area contributed by atoms with E-state index in [0.717, 1.165) is 16.8 Å². The van der Waals surface area contributed by atoms with E-state index in [2.05, 4.69) is 4.99 Å². The Morgan fingerprint density at radius 3 is 2.46 bits per heavy atom. The average molecular weight is 334 g/mol. The van der Waals surface area contributed by atoms with Crippen LogP contribution in [0.3, 0.4) is 0 Å². The predicted molar refractivity (Wildman–Crippen MR) is 95.9 cm³/mol. The Kier molecular flexibility index (Phi) is 3.43. The van der Waals surface area contributed by atoms with Crippen LogP contribution in [0.2, 0.25) is 0 Å². The van der Waals surface area contributed by atoms with Crippen molar-refractivity contribution in [1.29, 1.82) is 0 Å². The van der Waals surface area contributed by atoms with Gasteiger partial charge < -0.3 is 0 Å². The van der Waals surface area contributed by atoms with Gasteiger partial charge in [-0.25, -0.2) is 12.4 Å². The molecule has 0 bridgehead atoms. The first-order valence-corrected chi connectivity index (χ1v) is 8.93. The Bertz CT molecular complexity index is 1060. The zero-order valence-corrected chi connectivity index (χ0v) is 13.5. The largest absolute Gasteiger partial charge is 0.268 e. The summed E-state index contributed by atoms with van der Waals surface area (Å²) in [7, 11) is -3.62. The molecule has 0 saturated carbocycles. The lowest BCUT2D eigenvalue weighted by atomic mass is 10.1. The summed E-state index contributed by atoms with van der Waals surface area (Å²) in [5.41, 5.74) is 3.39. The van der Waals surface area contributed by atoms with Crippen LogP contribution in [0.25, 0.3) is 11.6 Å². The van der Waals surface area contributed by atoms with E-state index < -0.39 is 10.0 Å². The van der Waals surface area contributed by atoms with Crippen LogP contribution < -0.4 is 0 Å². The summed E-state index contributed by atoms with van der Waals surface area (Å²) in [6.45, 7) is 0. The van der Waals surface area contributed by atoms with Gasteiger partial charge in [-0.3, -0.25) is 4.99 Å². The third-order valence-corrected chi connectivity index (χ3v) is 5.62. The highest BCUT2D eigenvalue weighted by atomic mass is 32.2. The molecule has 3 aromatic rings. The normalized spacial score (nSPS) is 14.9. The van der Waals surface area contributed by atoms with E-state index in [1.807, 2.05) is 30.3 Å². The van der Waals surface area contributed by atoms with Gasteiger partial charge in [0.2, 0.25) is 0 Å². The van der Waals surface area contributed by atoms with E-state index in [9.17, 15) is 8.42 Å². The van der Waals surface area contributed by atoms with E-state index >= 15 is 0 Å². The maximum Gasteiger partial charge on any atom is 0.268 e. The zero-order valence-electron chi connectivity index (χ0n) is 12.7. The molecule has 0 radical (unpaired) electrons. The van der Waals surface area contributed by atoms with E-state index in [1.54, 1.807) is 54.9 Å². The number of hydrogen-bond donors (Lipinski definition) is 0. The lowest BCUT2D eigenvalue weighted by molar-refractivity contribution is 0.587. The number of aromatic nitrogens is 1. The van der Waals surface area contributed by atoms with Crippen LogP contribution in [0, 0.1) is 0 Å². The van der Waals surface area contributed by atoms with E-state index in [4.69, 9.17) is 0 Å². The summed E-state index contributed by atoms with van der Waals surface area (Å²) in [5.74, 6) is 0. The minimum absolute atomic E-state index is 0.265. The average Bonchev–Trinajstić information content (AvgIpc) is 3.24. The molecule has 0 saturated heterocycles. The maximum absolute atomic E-state index is 12.8. The molecular formula is C19H14N2O2S. The van der Waals surface area contributed by atoms with Gasteiger partial charge in [0.1, 0.15) is 0 Å². The molecule has 0 spiro atoms. The number of allylic oxidation sites excluding steroid dienone is 1. The molecule has 24 heavy (non-hydrogen) atoms. The second-order valence-electron chi connectivity index (χ2n) is 5.42. The van der Waals surface area contributed by atoms with Crippen molar-refractivity contribution in [2.24, 2.45) is 4.99 Å². The van der Waals surface area contributed by atoms with Crippen molar-refractivity contribution in [3.63, 3.8) is 0 Å². The number of aliphatic imine (C=N–C) groups is 1. The molecule has 0 fully saturated rings. The first-order chi connectivity index (χ1) is 11.7. The van der Waals surface area contributed by atoms with Gasteiger partial charge in [0.25, 0.3) is 10.0 Å². The minimum atomic E-state index is -3.62. The van der Waals surface area contributed by atoms with Gasteiger partial charge in [-0.15, -0.1) is 0 Å². The summed E-state index contributed by atoms with van der Waals surface area (Å²) in [6, 6.07) is 19.7. The van der Waals surface area contributed by atoms with Crippen LogP contribution in [0.5, 0.6) is 0 Å². The number of hydrogen-bond acceptors (Lipinski definition) is 3. The van der Waals surface area contributed by atoms with E-state index in [0.29, 0.717) is 5.69 Å². The van der Waals surface area contributed by atoms with Crippen molar-refractivity contribution in [2.75, 3.05) is 0 Å². The van der Waals surface area contributed by atoms with Crippen LogP contribution in [0.1, 0.15) is 11.3 Å². The first kappa shape index (κ1) is 14.7. The first-order valence-electron chi connectivity index (χ1n) is 7.49. The highest BCUT2D eigenvalue weighted by Gasteiger charge is 2.19. The Labute approximate surface area is 140 Å². The third-order valence-electron chi connectivity index (χ3n) is 3.90. The Morgan fingerprint density at radius 1 is 0.875 bits per heavy atom. The fraction of sp³-hybridized carbons (Fsp3) is 0. The summed E-state index contributed by atoms with van der Waals surface area (Å²) in [4.78, 5) is 4.62. The van der Waals surface area contributed by atoms with E-state index in [1.165, 1.54) is 3.97 Å². The molecule has 0 unspecified atom stereocenters. The minimum Gasteiger partial charge on any atom is -0.256 e. The fourth-order valence-corrected chi connectivity index (χ4v) is 4.08. The molecule has 5 heteroatoms. The van der Waals surface area contributed by atoms with Crippen molar-refractivity contribution >= 4 is 33.6 Å². The van der Waals surface area contributed by atoms with Crippen molar-refractivity contribution in [1.82, 2.24) is 3.97 Å². The third kappa shape index (κ3) is 2.39. The molecule has 0 amide bonds. The predicted octanol–water partition coefficient (Wildman–Crippen LogP) is 3.98. The second kappa shape index (κ2) is 5.62. The van der Waals surface area contributed by atoms with Gasteiger partial charge in [0.15, 0.2) is 0 Å². The molecule has 4 nitrogen and oxygen atoms in total. The zero-order chi connectivity index (χ0) is 16.6. The molecule has 0 atom stereocenters. The number of rotatable bonds is 3. The van der Waals surface area contributed by atoms with Gasteiger partial charge in [-0.2, -0.15) is 0 Å². The Balaban J connectivity index is 1.81. The summed E-state index contributed by atoms with van der Waals surface area (Å²) < 4.78 is 27.0. The monoisotopic (exact) mass is 334 g/mol. The SMILES string of the molecule is O=S(=O)(c1ccccc1)n1cccc1/C=C1/C=Nc2ccccc21. The molecule has 0 N–H and O–H groups in total. The number of para-hydroxylation sites is 1. The van der Waals surface area contributed by atoms with Gasteiger partial charge in [0, 0.05) is 23.5 Å². The van der Waals surface area contributed by atoms with Gasteiger partial charge in [-0.1, -0.05) is 36.4 Å². The topological polar surface area (TPSA) is 51.4 Å². The van der Waals surface area contributed by atoms with Crippen LogP contribution in [0.4, 0.5) is 5.69 Å². The highest BCUT2D eigenvalue weighted by molar-refractivity contribution is 7.90. The fourth-order valence-electron chi connectivity index (χ4n) is 2.73. The molecule has 0 aliphatic carbocycles. The van der Waals surface area contributed by atoms with Crippen molar-refractivity contribution in [3.8, 4) is 0 Å². The lowest BCUT2D eigenvalue weighted by Crippen LogP contribution is -2.13. The van der Waals surface area contributed by atoms with Crippen LogP contribution >= 0.6 is 0 Å². The van der Waals surface area contributed by atoms with Crippen LogP contribution in [-0.2, 0) is 10.0 Å². The molecule has 2 heterocycles. The van der Waals surface area contributed by atoms with Crippen LogP contribution in [-0.4, -0.2) is 18.6 Å². The van der Waals surface area contributed by atoms with Gasteiger partial charge in [-0.05, 0) is 36.4 Å². The van der Waals surface area contributed by atoms with Crippen molar-refractivity contribution in [2.45, 2.75) is 4.90 Å². The summed E-state index contributed by atoms with van der Waals surface area (Å²) in [6.07, 6.45) is 5.17. The van der Waals surface area contributed by atoms with Gasteiger partial charge in [0.05, 0.1) is 16.3 Å². The van der Waals surface area contributed by atoms with Crippen LogP contribution in [0.15, 0.2) is 82.8 Å². The summed E-state index contributed by atoms with van der Waals surface area (Å²) in [5, 5.41) is 0. The molecule has 1 aromatic heterocycles. The molecule has 1 aliphatic rings. The number of fused-ring (bicyclic) bond motifs is 1. The molecule has 2 aromatic carbocycles. The second-order valence-corrected chi connectivity index (χ2v) is 7.24. The maximum atomic E-state index is 12.8. The van der Waals surface area contributed by atoms with E-state index in [-0.39, 0.29) is 4.90 Å². The standard InChI is InChI=1S/C19H14N2O2S/c22-24(23,17-8-2-1-3-9-17)21-12-6-7-16(21)13-15-14-20-19-11-5-4-10-18(15)19/h1-14H/b15-13-. The number of nitrogens with zero attached hydrogens (tertiary/aromatic N) is 2. The van der Waals surface area contributed by atoms with Gasteiger partial charge >= 0.3 is 0 Å². The summed E-state index contributed by atoms with van der Waals surface area (Å²) >= 11 is 0. The number of benzene rings is 2. The molecular weight excluding hydrogens is 320 g/mol. The molecule has 4 rings (SSSR count). The van der Waals surface area contributed by atoms with Crippen molar-refractivity contribution < 1.29 is 8.42 Å². The Morgan fingerprint density at radius 2 is 1.62 bits per heavy atom. The highest BCUT2D eigenvalue weighted by Crippen LogP contribution is 2.32. The molecule has 118 valence electrons. The lowest BCUT2D eigenvalue weighted by Gasteiger charge is -2.09. The quantitative estimate of drug-likeness (QED) is 0.727. The van der Waals surface area contributed by atoms with Crippen molar-refractivity contribution in [3.05, 3.63) is 84.2 Å².